The molecule has 0 saturated heterocycles. The molecule has 0 aliphatic heterocycles. The normalized spacial score (nSPS) is 10.8. The van der Waals surface area contributed by atoms with Crippen molar-refractivity contribution in [2.24, 2.45) is 0 Å². The van der Waals surface area contributed by atoms with E-state index >= 15 is 0 Å². The Bertz CT molecular complexity index is 1600. The summed E-state index contributed by atoms with van der Waals surface area (Å²) < 4.78 is 0. The lowest BCUT2D eigenvalue weighted by molar-refractivity contribution is 1.15. The van der Waals surface area contributed by atoms with Gasteiger partial charge < -0.3 is 10.6 Å². The molecule has 3 nitrogen and oxygen atoms in total. The highest BCUT2D eigenvalue weighted by atomic mass is 14.9. The number of hydrogen-bond acceptors (Lipinski definition) is 3. The lowest BCUT2D eigenvalue weighted by Crippen LogP contribution is -2.03. The molecule has 0 atom stereocenters. The lowest BCUT2D eigenvalue weighted by Gasteiger charge is -2.17. The van der Waals surface area contributed by atoms with Crippen molar-refractivity contribution in [2.75, 3.05) is 10.6 Å². The average Bonchev–Trinajstić information content (AvgIpc) is 2.93. The third-order valence-corrected chi connectivity index (χ3v) is 6.80. The average molecular weight is 482 g/mol. The fourth-order valence-corrected chi connectivity index (χ4v) is 4.60. The molecule has 0 aliphatic carbocycles. The van der Waals surface area contributed by atoms with Crippen LogP contribution in [-0.4, -0.2) is 4.98 Å². The Morgan fingerprint density at radius 3 is 2.30 bits per heavy atom. The number of hydrogen-bond donors (Lipinski definition) is 2. The van der Waals surface area contributed by atoms with Gasteiger partial charge in [0.25, 0.3) is 0 Å². The molecule has 5 aromatic rings. The van der Waals surface area contributed by atoms with Crippen LogP contribution in [0.3, 0.4) is 0 Å². The van der Waals surface area contributed by atoms with Gasteiger partial charge in [-0.25, -0.2) is 0 Å². The van der Waals surface area contributed by atoms with Crippen LogP contribution in [0.15, 0.2) is 122 Å². The van der Waals surface area contributed by atoms with Crippen LogP contribution in [0.2, 0.25) is 0 Å². The Morgan fingerprint density at radius 2 is 1.49 bits per heavy atom. The molecule has 1 aromatic heterocycles. The Balaban J connectivity index is 1.46. The fraction of sp³-hybridized carbons (Fsp3) is 0.0882. The first-order chi connectivity index (χ1) is 18.0. The number of aromatic nitrogens is 1. The molecule has 0 fully saturated rings. The van der Waals surface area contributed by atoms with Gasteiger partial charge in [0.1, 0.15) is 0 Å². The Morgan fingerprint density at radius 1 is 0.730 bits per heavy atom. The molecule has 0 saturated carbocycles. The second kappa shape index (κ2) is 10.5. The van der Waals surface area contributed by atoms with Crippen LogP contribution in [0, 0.1) is 13.8 Å². The van der Waals surface area contributed by atoms with Gasteiger partial charge in [0.15, 0.2) is 0 Å². The van der Waals surface area contributed by atoms with E-state index in [1.54, 1.807) is 0 Å². The maximum absolute atomic E-state index is 4.61. The molecule has 0 radical (unpaired) electrons. The quantitative estimate of drug-likeness (QED) is 0.218. The summed E-state index contributed by atoms with van der Waals surface area (Å²) in [5, 5.41) is 9.29. The van der Waals surface area contributed by atoms with Gasteiger partial charge in [-0.15, -0.1) is 0 Å². The SMILES string of the molecule is C=C(Nc1ccccc1C)C(=C)c1cc(-c2cncc3c(NCc4ccccc4)cccc23)ccc1C. The highest BCUT2D eigenvalue weighted by Crippen LogP contribution is 2.35. The van der Waals surface area contributed by atoms with Gasteiger partial charge in [-0.2, -0.15) is 0 Å². The Kier molecular flexibility index (Phi) is 6.87. The summed E-state index contributed by atoms with van der Waals surface area (Å²) in [7, 11) is 0. The molecule has 0 unspecified atom stereocenters. The summed E-state index contributed by atoms with van der Waals surface area (Å²) in [5.74, 6) is 0. The third-order valence-electron chi connectivity index (χ3n) is 6.80. The van der Waals surface area contributed by atoms with E-state index in [2.05, 4.69) is 115 Å². The van der Waals surface area contributed by atoms with Crippen LogP contribution >= 0.6 is 0 Å². The minimum Gasteiger partial charge on any atom is -0.380 e. The van der Waals surface area contributed by atoms with E-state index in [1.807, 2.05) is 30.6 Å². The number of pyridine rings is 1. The first kappa shape index (κ1) is 24.1. The maximum atomic E-state index is 4.61. The summed E-state index contributed by atoms with van der Waals surface area (Å²) in [5.41, 5.74) is 10.6. The van der Waals surface area contributed by atoms with Crippen molar-refractivity contribution in [3.63, 3.8) is 0 Å². The van der Waals surface area contributed by atoms with Crippen LogP contribution in [-0.2, 0) is 6.54 Å². The van der Waals surface area contributed by atoms with Gasteiger partial charge in [0.05, 0.1) is 0 Å². The molecule has 1 heterocycles. The van der Waals surface area contributed by atoms with Gasteiger partial charge >= 0.3 is 0 Å². The Labute approximate surface area is 219 Å². The molecule has 0 aliphatic rings. The molecule has 5 rings (SSSR count). The van der Waals surface area contributed by atoms with Gasteiger partial charge in [0.2, 0.25) is 0 Å². The largest absolute Gasteiger partial charge is 0.380 e. The minimum absolute atomic E-state index is 0.759. The zero-order valence-corrected chi connectivity index (χ0v) is 21.4. The number of nitrogens with one attached hydrogen (secondary N) is 2. The van der Waals surface area contributed by atoms with E-state index in [0.717, 1.165) is 62.2 Å². The second-order valence-corrected chi connectivity index (χ2v) is 9.35. The number of aryl methyl sites for hydroxylation is 2. The van der Waals surface area contributed by atoms with Gasteiger partial charge in [0, 0.05) is 47.0 Å². The van der Waals surface area contributed by atoms with E-state index in [0.29, 0.717) is 0 Å². The minimum atomic E-state index is 0.759. The number of fused-ring (bicyclic) bond motifs is 1. The smallest absolute Gasteiger partial charge is 0.0438 e. The Hall–Kier alpha value is -4.63. The number of rotatable bonds is 8. The third kappa shape index (κ3) is 5.17. The van der Waals surface area contributed by atoms with E-state index in [1.165, 1.54) is 11.1 Å². The topological polar surface area (TPSA) is 37.0 Å². The van der Waals surface area contributed by atoms with Crippen LogP contribution in [0.4, 0.5) is 11.4 Å². The number of nitrogens with zero attached hydrogens (tertiary/aromatic N) is 1. The molecule has 3 heteroatoms. The maximum Gasteiger partial charge on any atom is 0.0438 e. The highest BCUT2D eigenvalue weighted by molar-refractivity contribution is 6.02. The summed E-state index contributed by atoms with van der Waals surface area (Å²) >= 11 is 0. The number of anilines is 2. The van der Waals surface area contributed by atoms with Gasteiger partial charge in [-0.1, -0.05) is 86.0 Å². The molecular weight excluding hydrogens is 450 g/mol. The molecule has 0 bridgehead atoms. The first-order valence-corrected chi connectivity index (χ1v) is 12.5. The van der Waals surface area contributed by atoms with Gasteiger partial charge in [-0.3, -0.25) is 4.98 Å². The van der Waals surface area contributed by atoms with E-state index < -0.39 is 0 Å². The summed E-state index contributed by atoms with van der Waals surface area (Å²) in [6, 6.07) is 31.5. The zero-order valence-electron chi connectivity index (χ0n) is 21.4. The summed E-state index contributed by atoms with van der Waals surface area (Å²) in [4.78, 5) is 4.61. The lowest BCUT2D eigenvalue weighted by atomic mass is 9.93. The monoisotopic (exact) mass is 481 g/mol. The fourth-order valence-electron chi connectivity index (χ4n) is 4.60. The van der Waals surface area contributed by atoms with Crippen molar-refractivity contribution in [3.05, 3.63) is 144 Å². The second-order valence-electron chi connectivity index (χ2n) is 9.35. The first-order valence-electron chi connectivity index (χ1n) is 12.5. The predicted molar refractivity (Wildman–Crippen MR) is 159 cm³/mol. The van der Waals surface area contributed by atoms with Crippen molar-refractivity contribution in [1.29, 1.82) is 0 Å². The molecule has 0 amide bonds. The van der Waals surface area contributed by atoms with Crippen LogP contribution in [0.25, 0.3) is 27.5 Å². The van der Waals surface area contributed by atoms with Crippen LogP contribution in [0.5, 0.6) is 0 Å². The summed E-state index contributed by atoms with van der Waals surface area (Å²) in [6.07, 6.45) is 3.88. The highest BCUT2D eigenvalue weighted by Gasteiger charge is 2.13. The number of para-hydroxylation sites is 1. The molecule has 182 valence electrons. The molecule has 0 spiro atoms. The molecule has 2 N–H and O–H groups in total. The van der Waals surface area contributed by atoms with E-state index in [9.17, 15) is 0 Å². The number of allylic oxidation sites excluding steroid dienone is 1. The van der Waals surface area contributed by atoms with Crippen LogP contribution in [0.1, 0.15) is 22.3 Å². The predicted octanol–water partition coefficient (Wildman–Crippen LogP) is 8.77. The van der Waals surface area contributed by atoms with E-state index in [-0.39, 0.29) is 0 Å². The summed E-state index contributed by atoms with van der Waals surface area (Å²) in [6.45, 7) is 13.6. The van der Waals surface area contributed by atoms with E-state index in [4.69, 9.17) is 0 Å². The zero-order chi connectivity index (χ0) is 25.8. The number of benzene rings is 4. The molecular formula is C34H31N3. The van der Waals surface area contributed by atoms with Crippen LogP contribution < -0.4 is 10.6 Å². The van der Waals surface area contributed by atoms with Crippen molar-refractivity contribution in [2.45, 2.75) is 20.4 Å². The van der Waals surface area contributed by atoms with Gasteiger partial charge in [-0.05, 0) is 70.8 Å². The van der Waals surface area contributed by atoms with Crippen molar-refractivity contribution < 1.29 is 0 Å². The van der Waals surface area contributed by atoms with Crippen molar-refractivity contribution in [3.8, 4) is 11.1 Å². The van der Waals surface area contributed by atoms with Crippen molar-refractivity contribution >= 4 is 27.7 Å². The molecule has 37 heavy (non-hydrogen) atoms. The molecule has 4 aromatic carbocycles. The van der Waals surface area contributed by atoms with Crippen molar-refractivity contribution in [1.82, 2.24) is 4.98 Å². The standard InChI is InChI=1S/C34H31N3/c1-23-17-18-28(19-30(23)25(3)26(4)37-33-15-9-8-11-24(33)2)31-21-35-22-32-29(31)14-10-16-34(32)36-20-27-12-6-5-7-13-27/h5-19,21-22,36-37H,3-4,20H2,1-2H3.